The Balaban J connectivity index is 2.05. The second-order valence-corrected chi connectivity index (χ2v) is 17.5. The van der Waals surface area contributed by atoms with Crippen LogP contribution in [0.25, 0.3) is 0 Å². The number of rotatable bonds is 13. The van der Waals surface area contributed by atoms with Crippen LogP contribution in [-0.2, 0) is 4.43 Å². The molecule has 2 aliphatic rings. The number of hydrogen-bond donors (Lipinski definition) is 1. The van der Waals surface area contributed by atoms with Gasteiger partial charge in [-0.25, -0.2) is 0 Å². The highest BCUT2D eigenvalue weighted by Crippen LogP contribution is 2.45. The second kappa shape index (κ2) is 13.8. The molecule has 0 radical (unpaired) electrons. The summed E-state index contributed by atoms with van der Waals surface area (Å²) in [7, 11) is -1.87. The van der Waals surface area contributed by atoms with Crippen LogP contribution < -0.4 is 0 Å². The van der Waals surface area contributed by atoms with Crippen LogP contribution >= 0.6 is 0 Å². The lowest BCUT2D eigenvalue weighted by Crippen LogP contribution is -2.61. The van der Waals surface area contributed by atoms with Crippen LogP contribution in [-0.4, -0.2) is 48.7 Å². The summed E-state index contributed by atoms with van der Waals surface area (Å²) in [6, 6.07) is 1.68. The van der Waals surface area contributed by atoms with Crippen molar-refractivity contribution in [3.8, 4) is 0 Å². The van der Waals surface area contributed by atoms with Gasteiger partial charge in [-0.15, -0.1) is 0 Å². The number of unbranched alkanes of at least 4 members (excludes halogenated alkanes) is 3. The average Bonchev–Trinajstić information content (AvgIpc) is 2.75. The van der Waals surface area contributed by atoms with E-state index in [9.17, 15) is 5.11 Å². The Morgan fingerprint density at radius 3 is 2.21 bits per heavy atom. The Morgan fingerprint density at radius 2 is 1.61 bits per heavy atom. The predicted octanol–water partition coefficient (Wildman–Crippen LogP) is 8.23. The van der Waals surface area contributed by atoms with Gasteiger partial charge >= 0.3 is 0 Å². The molecular weight excluding hydrogens is 422 g/mol. The molecule has 3 nitrogen and oxygen atoms in total. The van der Waals surface area contributed by atoms with Crippen molar-refractivity contribution in [3.63, 3.8) is 0 Å². The number of nitrogens with zero attached hydrogens (tertiary/aromatic N) is 1. The second-order valence-electron chi connectivity index (χ2n) is 12.1. The summed E-state index contributed by atoms with van der Waals surface area (Å²) in [5.41, 5.74) is 1.91. The lowest BCUT2D eigenvalue weighted by molar-refractivity contribution is -0.0419. The van der Waals surface area contributed by atoms with Gasteiger partial charge in [0.25, 0.3) is 0 Å². The van der Waals surface area contributed by atoms with E-state index in [-0.39, 0.29) is 6.10 Å². The first kappa shape index (κ1) is 29.1. The minimum atomic E-state index is -1.87. The fraction of sp³-hybridized carbons (Fsp3) is 0.931. The highest BCUT2D eigenvalue weighted by atomic mass is 28.4. The van der Waals surface area contributed by atoms with Crippen molar-refractivity contribution in [2.45, 2.75) is 173 Å². The Labute approximate surface area is 207 Å². The molecule has 0 aromatic rings. The van der Waals surface area contributed by atoms with E-state index in [1.807, 2.05) is 0 Å². The highest BCUT2D eigenvalue weighted by Gasteiger charge is 2.49. The van der Waals surface area contributed by atoms with Gasteiger partial charge in [0.1, 0.15) is 0 Å². The van der Waals surface area contributed by atoms with Crippen LogP contribution in [0.3, 0.4) is 0 Å². The van der Waals surface area contributed by atoms with Crippen LogP contribution in [0.2, 0.25) is 16.6 Å². The molecular formula is C29H57NO2Si. The van der Waals surface area contributed by atoms with Gasteiger partial charge in [-0.05, 0) is 62.1 Å². The van der Waals surface area contributed by atoms with E-state index in [4.69, 9.17) is 4.43 Å². The third kappa shape index (κ3) is 7.41. The van der Waals surface area contributed by atoms with Crippen LogP contribution in [0.5, 0.6) is 0 Å². The minimum Gasteiger partial charge on any atom is -0.412 e. The van der Waals surface area contributed by atoms with Gasteiger partial charge < -0.3 is 9.53 Å². The van der Waals surface area contributed by atoms with Gasteiger partial charge in [-0.2, -0.15) is 0 Å². The van der Waals surface area contributed by atoms with Gasteiger partial charge in [-0.3, -0.25) is 4.90 Å². The number of fused-ring (bicyclic) bond motifs is 1. The Kier molecular flexibility index (Phi) is 12.2. The van der Waals surface area contributed by atoms with Crippen molar-refractivity contribution in [1.29, 1.82) is 0 Å². The standard InChI is InChI=1S/C29H57NO2Si/c1-9-10-11-12-18-28(31)19-14-17-26-15-13-16-27-20-21-29(25(8)30(26)27)32-33(22(2)3,23(4)5)24(6)7/h14,17,22-29,31H,9-13,15-16,18-21H2,1-8H3/b17-14+/t25-,26-,27-,28?,29+/m0/s1. The Hall–Kier alpha value is -0.163. The molecule has 2 rings (SSSR count). The minimum absolute atomic E-state index is 0.179. The van der Waals surface area contributed by atoms with Crippen LogP contribution in [0, 0.1) is 0 Å². The van der Waals surface area contributed by atoms with E-state index in [0.29, 0.717) is 40.9 Å². The number of aliphatic hydroxyl groups excluding tert-OH is 1. The van der Waals surface area contributed by atoms with Gasteiger partial charge in [0.15, 0.2) is 0 Å². The molecule has 33 heavy (non-hydrogen) atoms. The number of hydrogen-bond acceptors (Lipinski definition) is 3. The molecule has 2 aliphatic heterocycles. The zero-order valence-corrected chi connectivity index (χ0v) is 24.4. The molecule has 194 valence electrons. The van der Waals surface area contributed by atoms with Crippen LogP contribution in [0.1, 0.15) is 126 Å². The molecule has 4 heteroatoms. The van der Waals surface area contributed by atoms with E-state index in [1.54, 1.807) is 0 Å². The van der Waals surface area contributed by atoms with Crippen molar-refractivity contribution in [2.24, 2.45) is 0 Å². The van der Waals surface area contributed by atoms with Crippen LogP contribution in [0.4, 0.5) is 0 Å². The smallest absolute Gasteiger partial charge is 0.200 e. The molecule has 2 heterocycles. The first-order chi connectivity index (χ1) is 15.6. The Bertz CT molecular complexity index is 554. The largest absolute Gasteiger partial charge is 0.412 e. The van der Waals surface area contributed by atoms with E-state index in [1.165, 1.54) is 51.4 Å². The van der Waals surface area contributed by atoms with Crippen molar-refractivity contribution < 1.29 is 9.53 Å². The summed E-state index contributed by atoms with van der Waals surface area (Å²) in [4.78, 5) is 2.81. The van der Waals surface area contributed by atoms with Crippen molar-refractivity contribution in [2.75, 3.05) is 0 Å². The summed E-state index contributed by atoms with van der Waals surface area (Å²) < 4.78 is 7.31. The lowest BCUT2D eigenvalue weighted by Gasteiger charge is -2.54. The zero-order chi connectivity index (χ0) is 24.6. The normalized spacial score (nSPS) is 28.2. The molecule has 1 unspecified atom stereocenters. The molecule has 0 aromatic heterocycles. The van der Waals surface area contributed by atoms with E-state index >= 15 is 0 Å². The summed E-state index contributed by atoms with van der Waals surface area (Å²) in [5, 5.41) is 10.4. The average molecular weight is 480 g/mol. The topological polar surface area (TPSA) is 32.7 Å². The van der Waals surface area contributed by atoms with Gasteiger partial charge in [0, 0.05) is 18.1 Å². The maximum atomic E-state index is 10.4. The fourth-order valence-electron chi connectivity index (χ4n) is 7.19. The molecule has 0 bridgehead atoms. The molecule has 2 saturated heterocycles. The summed E-state index contributed by atoms with van der Waals surface area (Å²) >= 11 is 0. The van der Waals surface area contributed by atoms with Gasteiger partial charge in [0.2, 0.25) is 8.32 Å². The quantitative estimate of drug-likeness (QED) is 0.164. The molecule has 2 fully saturated rings. The number of aliphatic hydroxyl groups is 1. The summed E-state index contributed by atoms with van der Waals surface area (Å²) in [6.45, 7) is 19.1. The SMILES string of the molecule is CCCCCCC(O)C/C=C/[C@@H]1CCC[C@H]2CC[C@@H](O[Si](C(C)C)(C(C)C)C(C)C)[C@H](C)N21. The molecule has 0 saturated carbocycles. The molecule has 0 amide bonds. The number of piperidine rings is 2. The van der Waals surface area contributed by atoms with Crippen molar-refractivity contribution in [1.82, 2.24) is 4.90 Å². The van der Waals surface area contributed by atoms with Crippen LogP contribution in [0.15, 0.2) is 12.2 Å². The monoisotopic (exact) mass is 479 g/mol. The first-order valence-corrected chi connectivity index (χ1v) is 16.6. The highest BCUT2D eigenvalue weighted by molar-refractivity contribution is 6.77. The molecule has 0 spiro atoms. The predicted molar refractivity (Wildman–Crippen MR) is 146 cm³/mol. The fourth-order valence-corrected chi connectivity index (χ4v) is 12.8. The van der Waals surface area contributed by atoms with Gasteiger partial charge in [-0.1, -0.05) is 92.7 Å². The Morgan fingerprint density at radius 1 is 0.939 bits per heavy atom. The van der Waals surface area contributed by atoms with Gasteiger partial charge in [0.05, 0.1) is 12.2 Å². The third-order valence-corrected chi connectivity index (χ3v) is 15.0. The lowest BCUT2D eigenvalue weighted by atomic mass is 9.84. The van der Waals surface area contributed by atoms with E-state index in [0.717, 1.165) is 19.3 Å². The molecule has 0 aliphatic carbocycles. The summed E-state index contributed by atoms with van der Waals surface area (Å²) in [6.07, 6.45) is 18.0. The zero-order valence-electron chi connectivity index (χ0n) is 23.4. The van der Waals surface area contributed by atoms with E-state index < -0.39 is 8.32 Å². The first-order valence-electron chi connectivity index (χ1n) is 14.4. The van der Waals surface area contributed by atoms with Crippen molar-refractivity contribution >= 4 is 8.32 Å². The maximum absolute atomic E-state index is 10.4. The molecule has 5 atom stereocenters. The molecule has 0 aromatic carbocycles. The summed E-state index contributed by atoms with van der Waals surface area (Å²) in [5.74, 6) is 0. The third-order valence-electron chi connectivity index (χ3n) is 8.85. The van der Waals surface area contributed by atoms with E-state index in [2.05, 4.69) is 72.4 Å². The van der Waals surface area contributed by atoms with Crippen molar-refractivity contribution in [3.05, 3.63) is 12.2 Å². The maximum Gasteiger partial charge on any atom is 0.200 e. The molecule has 1 N–H and O–H groups in total.